The summed E-state index contributed by atoms with van der Waals surface area (Å²) in [5, 5.41) is 3.20. The van der Waals surface area contributed by atoms with Gasteiger partial charge in [-0.25, -0.2) is 0 Å². The van der Waals surface area contributed by atoms with Crippen LogP contribution in [0.1, 0.15) is 45.4 Å². The number of hydrogen-bond donors (Lipinski definition) is 1. The lowest BCUT2D eigenvalue weighted by molar-refractivity contribution is 0.737. The quantitative estimate of drug-likeness (QED) is 0.838. The van der Waals surface area contributed by atoms with Crippen molar-refractivity contribution in [2.45, 2.75) is 46.0 Å². The molecule has 0 radical (unpaired) electrons. The van der Waals surface area contributed by atoms with Crippen molar-refractivity contribution in [3.63, 3.8) is 0 Å². The minimum atomic E-state index is 0.723. The lowest BCUT2D eigenvalue weighted by Gasteiger charge is -2.16. The highest BCUT2D eigenvalue weighted by molar-refractivity contribution is 5.37. The van der Waals surface area contributed by atoms with Crippen molar-refractivity contribution in [1.82, 2.24) is 15.0 Å². The molecule has 0 bridgehead atoms. The first-order chi connectivity index (χ1) is 8.83. The fraction of sp³-hybridized carbons (Fsp3) is 0.769. The summed E-state index contributed by atoms with van der Waals surface area (Å²) in [5.41, 5.74) is 0. The van der Waals surface area contributed by atoms with Gasteiger partial charge >= 0.3 is 0 Å². The highest BCUT2D eigenvalue weighted by atomic mass is 15.3. The molecule has 1 fully saturated rings. The van der Waals surface area contributed by atoms with Crippen LogP contribution in [-0.4, -0.2) is 34.6 Å². The van der Waals surface area contributed by atoms with Crippen LogP contribution in [0.2, 0.25) is 0 Å². The Morgan fingerprint density at radius 3 is 2.56 bits per heavy atom. The normalized spacial score (nSPS) is 15.1. The van der Waals surface area contributed by atoms with Gasteiger partial charge in [0, 0.05) is 26.1 Å². The van der Waals surface area contributed by atoms with Crippen LogP contribution in [0, 0.1) is 0 Å². The molecule has 0 aliphatic carbocycles. The molecule has 1 aromatic heterocycles. The van der Waals surface area contributed by atoms with Crippen LogP contribution in [0.25, 0.3) is 0 Å². The van der Waals surface area contributed by atoms with E-state index in [-0.39, 0.29) is 0 Å². The largest absolute Gasteiger partial charge is 0.354 e. The zero-order valence-electron chi connectivity index (χ0n) is 11.4. The summed E-state index contributed by atoms with van der Waals surface area (Å²) in [6.45, 7) is 7.24. The van der Waals surface area contributed by atoms with E-state index in [1.807, 2.05) is 0 Å². The van der Waals surface area contributed by atoms with Crippen molar-refractivity contribution in [3.05, 3.63) is 5.82 Å². The molecule has 0 amide bonds. The standard InChI is InChI=1S/C13H23N5/c1-3-5-8-11-15-12(14-4-2)17-13(16-11)18-9-6-7-10-18/h3-10H2,1-2H3,(H,14,15,16,17). The number of anilines is 2. The van der Waals surface area contributed by atoms with Crippen LogP contribution in [0.5, 0.6) is 0 Å². The van der Waals surface area contributed by atoms with Crippen LogP contribution in [0.15, 0.2) is 0 Å². The van der Waals surface area contributed by atoms with Gasteiger partial charge in [-0.15, -0.1) is 0 Å². The number of aromatic nitrogens is 3. The molecule has 2 rings (SSSR count). The Hall–Kier alpha value is -1.39. The first-order valence-electron chi connectivity index (χ1n) is 7.07. The van der Waals surface area contributed by atoms with Crippen molar-refractivity contribution in [1.29, 1.82) is 0 Å². The molecule has 1 aromatic rings. The maximum atomic E-state index is 4.60. The summed E-state index contributed by atoms with van der Waals surface area (Å²) >= 11 is 0. The fourth-order valence-corrected chi connectivity index (χ4v) is 2.15. The molecular weight excluding hydrogens is 226 g/mol. The molecule has 2 heterocycles. The van der Waals surface area contributed by atoms with Crippen molar-refractivity contribution in [3.8, 4) is 0 Å². The van der Waals surface area contributed by atoms with Gasteiger partial charge in [0.25, 0.3) is 0 Å². The molecule has 100 valence electrons. The second-order valence-electron chi connectivity index (χ2n) is 4.70. The molecule has 1 aliphatic heterocycles. The topological polar surface area (TPSA) is 53.9 Å². The van der Waals surface area contributed by atoms with Crippen molar-refractivity contribution >= 4 is 11.9 Å². The van der Waals surface area contributed by atoms with E-state index in [4.69, 9.17) is 0 Å². The Morgan fingerprint density at radius 2 is 1.89 bits per heavy atom. The maximum Gasteiger partial charge on any atom is 0.230 e. The molecule has 0 unspecified atom stereocenters. The lowest BCUT2D eigenvalue weighted by atomic mass is 10.2. The fourth-order valence-electron chi connectivity index (χ4n) is 2.15. The number of unbranched alkanes of at least 4 members (excludes halogenated alkanes) is 1. The van der Waals surface area contributed by atoms with E-state index in [1.165, 1.54) is 19.3 Å². The molecule has 5 nitrogen and oxygen atoms in total. The third kappa shape index (κ3) is 3.31. The lowest BCUT2D eigenvalue weighted by Crippen LogP contribution is -2.22. The summed E-state index contributed by atoms with van der Waals surface area (Å²) in [6, 6.07) is 0. The minimum Gasteiger partial charge on any atom is -0.354 e. The summed E-state index contributed by atoms with van der Waals surface area (Å²) in [4.78, 5) is 15.8. The van der Waals surface area contributed by atoms with E-state index in [9.17, 15) is 0 Å². The first kappa shape index (κ1) is 13.1. The third-order valence-corrected chi connectivity index (χ3v) is 3.15. The van der Waals surface area contributed by atoms with Crippen molar-refractivity contribution in [2.24, 2.45) is 0 Å². The Morgan fingerprint density at radius 1 is 1.11 bits per heavy atom. The minimum absolute atomic E-state index is 0.723. The van der Waals surface area contributed by atoms with E-state index in [1.54, 1.807) is 0 Å². The second-order valence-corrected chi connectivity index (χ2v) is 4.70. The van der Waals surface area contributed by atoms with E-state index in [0.717, 1.165) is 50.2 Å². The molecule has 5 heteroatoms. The van der Waals surface area contributed by atoms with Gasteiger partial charge in [0.15, 0.2) is 0 Å². The number of aryl methyl sites for hydroxylation is 1. The van der Waals surface area contributed by atoms with Crippen molar-refractivity contribution in [2.75, 3.05) is 29.9 Å². The van der Waals surface area contributed by atoms with E-state index >= 15 is 0 Å². The van der Waals surface area contributed by atoms with Crippen LogP contribution < -0.4 is 10.2 Å². The Bertz CT molecular complexity index is 374. The summed E-state index contributed by atoms with van der Waals surface area (Å²) in [6.07, 6.45) is 5.73. The van der Waals surface area contributed by atoms with Gasteiger partial charge in [0.05, 0.1) is 0 Å². The van der Waals surface area contributed by atoms with Gasteiger partial charge in [-0.2, -0.15) is 15.0 Å². The van der Waals surface area contributed by atoms with Gasteiger partial charge < -0.3 is 10.2 Å². The predicted octanol–water partition coefficient (Wildman–Crippen LogP) is 2.25. The molecule has 0 aromatic carbocycles. The highest BCUT2D eigenvalue weighted by Gasteiger charge is 2.17. The molecule has 18 heavy (non-hydrogen) atoms. The number of nitrogens with zero attached hydrogens (tertiary/aromatic N) is 4. The third-order valence-electron chi connectivity index (χ3n) is 3.15. The monoisotopic (exact) mass is 249 g/mol. The summed E-state index contributed by atoms with van der Waals surface area (Å²) in [7, 11) is 0. The van der Waals surface area contributed by atoms with Crippen LogP contribution in [0.3, 0.4) is 0 Å². The average Bonchev–Trinajstić information content (AvgIpc) is 2.90. The highest BCUT2D eigenvalue weighted by Crippen LogP contribution is 2.17. The van der Waals surface area contributed by atoms with Crippen molar-refractivity contribution < 1.29 is 0 Å². The summed E-state index contributed by atoms with van der Waals surface area (Å²) in [5.74, 6) is 2.50. The zero-order chi connectivity index (χ0) is 12.8. The number of rotatable bonds is 6. The molecule has 0 saturated carbocycles. The van der Waals surface area contributed by atoms with E-state index in [2.05, 4.69) is 39.0 Å². The van der Waals surface area contributed by atoms with Gasteiger partial charge in [0.1, 0.15) is 5.82 Å². The Balaban J connectivity index is 2.17. The maximum absolute atomic E-state index is 4.60. The van der Waals surface area contributed by atoms with Gasteiger partial charge in [-0.1, -0.05) is 13.3 Å². The molecule has 0 spiro atoms. The molecular formula is C13H23N5. The number of hydrogen-bond acceptors (Lipinski definition) is 5. The predicted molar refractivity (Wildman–Crippen MR) is 74.0 cm³/mol. The van der Waals surface area contributed by atoms with Gasteiger partial charge in [-0.3, -0.25) is 0 Å². The Kier molecular flexibility index (Phi) is 4.73. The Labute approximate surface area is 109 Å². The number of nitrogens with one attached hydrogen (secondary N) is 1. The van der Waals surface area contributed by atoms with Gasteiger partial charge in [0.2, 0.25) is 11.9 Å². The molecule has 1 aliphatic rings. The molecule has 0 atom stereocenters. The zero-order valence-corrected chi connectivity index (χ0v) is 11.4. The summed E-state index contributed by atoms with van der Waals surface area (Å²) < 4.78 is 0. The first-order valence-corrected chi connectivity index (χ1v) is 7.07. The second kappa shape index (κ2) is 6.52. The molecule has 1 saturated heterocycles. The molecule has 1 N–H and O–H groups in total. The SMILES string of the molecule is CCCCc1nc(NCC)nc(N2CCCC2)n1. The van der Waals surface area contributed by atoms with Crippen LogP contribution in [-0.2, 0) is 6.42 Å². The smallest absolute Gasteiger partial charge is 0.230 e. The van der Waals surface area contributed by atoms with E-state index in [0.29, 0.717) is 0 Å². The van der Waals surface area contributed by atoms with E-state index < -0.39 is 0 Å². The van der Waals surface area contributed by atoms with Crippen LogP contribution in [0.4, 0.5) is 11.9 Å². The average molecular weight is 249 g/mol. The van der Waals surface area contributed by atoms with Gasteiger partial charge in [-0.05, 0) is 26.2 Å². The van der Waals surface area contributed by atoms with Crippen LogP contribution >= 0.6 is 0 Å².